The molecule has 0 aromatic carbocycles. The highest BCUT2D eigenvalue weighted by Crippen LogP contribution is 2.15. The van der Waals surface area contributed by atoms with Gasteiger partial charge in [-0.05, 0) is 6.92 Å². The van der Waals surface area contributed by atoms with Crippen LogP contribution in [0.15, 0.2) is 6.20 Å². The van der Waals surface area contributed by atoms with E-state index in [1.165, 1.54) is 0 Å². The van der Waals surface area contributed by atoms with Gasteiger partial charge >= 0.3 is 0 Å². The highest BCUT2D eigenvalue weighted by molar-refractivity contribution is 14.1. The van der Waals surface area contributed by atoms with Crippen LogP contribution in [0.2, 0.25) is 0 Å². The fourth-order valence-electron chi connectivity index (χ4n) is 0.863. The topological polar surface area (TPSA) is 17.8 Å². The molecule has 0 aliphatic carbocycles. The minimum atomic E-state index is 0.519. The molecule has 0 atom stereocenters. The third-order valence-electron chi connectivity index (χ3n) is 1.33. The highest BCUT2D eigenvalue weighted by Gasteiger charge is 2.06. The summed E-state index contributed by atoms with van der Waals surface area (Å²) < 4.78 is 2.05. The third-order valence-corrected chi connectivity index (χ3v) is 2.10. The molecule has 56 valence electrons. The van der Waals surface area contributed by atoms with Crippen LogP contribution in [0, 0.1) is 6.92 Å². The molecule has 10 heavy (non-hydrogen) atoms. The zero-order valence-electron chi connectivity index (χ0n) is 6.43. The van der Waals surface area contributed by atoms with Gasteiger partial charge in [-0.25, -0.2) is 4.98 Å². The van der Waals surface area contributed by atoms with E-state index < -0.39 is 0 Å². The molecular weight excluding hydrogens is 239 g/mol. The van der Waals surface area contributed by atoms with Crippen molar-refractivity contribution in [2.24, 2.45) is 0 Å². The quantitative estimate of drug-likeness (QED) is 0.700. The van der Waals surface area contributed by atoms with Crippen LogP contribution in [0.4, 0.5) is 0 Å². The van der Waals surface area contributed by atoms with Crippen LogP contribution in [0.5, 0.6) is 0 Å². The van der Waals surface area contributed by atoms with Gasteiger partial charge in [-0.2, -0.15) is 0 Å². The Morgan fingerprint density at radius 3 is 2.40 bits per heavy atom. The average molecular weight is 250 g/mol. The molecule has 0 saturated heterocycles. The van der Waals surface area contributed by atoms with E-state index >= 15 is 0 Å². The van der Waals surface area contributed by atoms with E-state index in [1.807, 2.05) is 13.1 Å². The Bertz CT molecular complexity index is 228. The molecule has 1 heterocycles. The van der Waals surface area contributed by atoms with Gasteiger partial charge < -0.3 is 0 Å². The van der Waals surface area contributed by atoms with Gasteiger partial charge in [-0.1, -0.05) is 13.8 Å². The molecular formula is C7H11IN2. The number of nitrogens with zero attached hydrogens (tertiary/aromatic N) is 2. The Morgan fingerprint density at radius 2 is 2.20 bits per heavy atom. The van der Waals surface area contributed by atoms with Crippen molar-refractivity contribution in [2.75, 3.05) is 0 Å². The number of aryl methyl sites for hydroxylation is 1. The number of halogens is 1. The van der Waals surface area contributed by atoms with Crippen molar-refractivity contribution in [3.05, 3.63) is 17.7 Å². The van der Waals surface area contributed by atoms with Gasteiger partial charge in [0.2, 0.25) is 0 Å². The molecule has 0 unspecified atom stereocenters. The lowest BCUT2D eigenvalue weighted by atomic mass is 10.2. The van der Waals surface area contributed by atoms with Crippen molar-refractivity contribution in [2.45, 2.75) is 26.7 Å². The van der Waals surface area contributed by atoms with Crippen LogP contribution in [0.3, 0.4) is 0 Å². The van der Waals surface area contributed by atoms with Crippen LogP contribution < -0.4 is 0 Å². The molecule has 1 aromatic heterocycles. The summed E-state index contributed by atoms with van der Waals surface area (Å²) in [5.41, 5.74) is 1.10. The standard InChI is InChI=1S/C7H11IN2/c1-5(2)7-9-6(3)4-10(7)8/h4-5H,1-3H3. The Hall–Kier alpha value is -0.0600. The molecule has 0 amide bonds. The fourth-order valence-corrected chi connectivity index (χ4v) is 1.93. The molecule has 2 nitrogen and oxygen atoms in total. The SMILES string of the molecule is Cc1cn(I)c(C(C)C)n1. The molecule has 0 saturated carbocycles. The van der Waals surface area contributed by atoms with Crippen LogP contribution in [0.25, 0.3) is 0 Å². The molecule has 0 aliphatic rings. The Labute approximate surface area is 75.1 Å². The fraction of sp³-hybridized carbons (Fsp3) is 0.571. The Morgan fingerprint density at radius 1 is 1.60 bits per heavy atom. The Balaban J connectivity index is 3.03. The maximum Gasteiger partial charge on any atom is 0.120 e. The van der Waals surface area contributed by atoms with E-state index in [-0.39, 0.29) is 0 Å². The van der Waals surface area contributed by atoms with Gasteiger partial charge in [0.15, 0.2) is 0 Å². The minimum Gasteiger partial charge on any atom is -0.276 e. The van der Waals surface area contributed by atoms with Crippen molar-refractivity contribution in [1.29, 1.82) is 0 Å². The molecule has 1 aromatic rings. The summed E-state index contributed by atoms with van der Waals surface area (Å²) in [5, 5.41) is 0. The summed E-state index contributed by atoms with van der Waals surface area (Å²) in [5.74, 6) is 1.67. The van der Waals surface area contributed by atoms with Crippen molar-refractivity contribution in [1.82, 2.24) is 7.76 Å². The van der Waals surface area contributed by atoms with Crippen LogP contribution in [-0.2, 0) is 0 Å². The predicted molar refractivity (Wildman–Crippen MR) is 50.5 cm³/mol. The van der Waals surface area contributed by atoms with E-state index in [0.29, 0.717) is 5.92 Å². The molecule has 0 N–H and O–H groups in total. The second kappa shape index (κ2) is 2.90. The van der Waals surface area contributed by atoms with Gasteiger partial charge in [0.05, 0.1) is 28.6 Å². The molecule has 3 heteroatoms. The summed E-state index contributed by atoms with van der Waals surface area (Å²) in [4.78, 5) is 4.37. The minimum absolute atomic E-state index is 0.519. The van der Waals surface area contributed by atoms with Crippen LogP contribution >= 0.6 is 22.9 Å². The zero-order chi connectivity index (χ0) is 7.72. The maximum atomic E-state index is 4.37. The molecule has 0 fully saturated rings. The predicted octanol–water partition coefficient (Wildman–Crippen LogP) is 2.51. The second-order valence-electron chi connectivity index (χ2n) is 2.71. The number of hydrogen-bond donors (Lipinski definition) is 0. The Kier molecular flexibility index (Phi) is 2.33. The second-order valence-corrected chi connectivity index (χ2v) is 3.75. The van der Waals surface area contributed by atoms with Crippen molar-refractivity contribution in [3.63, 3.8) is 0 Å². The summed E-state index contributed by atoms with van der Waals surface area (Å²) in [6.07, 6.45) is 2.04. The number of rotatable bonds is 1. The number of aromatic nitrogens is 2. The average Bonchev–Trinajstić information content (AvgIpc) is 2.10. The van der Waals surface area contributed by atoms with Gasteiger partial charge in [0.1, 0.15) is 5.82 Å². The molecule has 0 radical (unpaired) electrons. The summed E-state index contributed by atoms with van der Waals surface area (Å²) in [6, 6.07) is 0. The van der Waals surface area contributed by atoms with E-state index in [4.69, 9.17) is 0 Å². The number of hydrogen-bond acceptors (Lipinski definition) is 1. The molecule has 0 aliphatic heterocycles. The molecule has 1 rings (SSSR count). The van der Waals surface area contributed by atoms with E-state index in [0.717, 1.165) is 11.5 Å². The normalized spacial score (nSPS) is 10.9. The molecule has 0 spiro atoms. The van der Waals surface area contributed by atoms with Crippen LogP contribution in [0.1, 0.15) is 31.3 Å². The first kappa shape index (κ1) is 8.04. The van der Waals surface area contributed by atoms with E-state index in [2.05, 4.69) is 44.5 Å². The maximum absolute atomic E-state index is 4.37. The monoisotopic (exact) mass is 250 g/mol. The van der Waals surface area contributed by atoms with E-state index in [1.54, 1.807) is 0 Å². The zero-order valence-corrected chi connectivity index (χ0v) is 8.58. The first-order valence-electron chi connectivity index (χ1n) is 3.33. The lowest BCUT2D eigenvalue weighted by Gasteiger charge is -2.00. The largest absolute Gasteiger partial charge is 0.276 e. The van der Waals surface area contributed by atoms with Gasteiger partial charge in [-0.15, -0.1) is 0 Å². The lowest BCUT2D eigenvalue weighted by Crippen LogP contribution is -1.93. The first-order valence-corrected chi connectivity index (χ1v) is 4.29. The van der Waals surface area contributed by atoms with E-state index in [9.17, 15) is 0 Å². The van der Waals surface area contributed by atoms with Gasteiger partial charge in [0.25, 0.3) is 0 Å². The third kappa shape index (κ3) is 1.51. The van der Waals surface area contributed by atoms with Gasteiger partial charge in [0, 0.05) is 12.1 Å². The van der Waals surface area contributed by atoms with Gasteiger partial charge in [-0.3, -0.25) is 2.78 Å². The lowest BCUT2D eigenvalue weighted by molar-refractivity contribution is 0.786. The highest BCUT2D eigenvalue weighted by atomic mass is 127. The van der Waals surface area contributed by atoms with Crippen LogP contribution in [-0.4, -0.2) is 7.76 Å². The molecule has 0 bridgehead atoms. The van der Waals surface area contributed by atoms with Crippen molar-refractivity contribution >= 4 is 22.9 Å². The first-order chi connectivity index (χ1) is 4.61. The summed E-state index contributed by atoms with van der Waals surface area (Å²) in [7, 11) is 0. The number of imidazole rings is 1. The summed E-state index contributed by atoms with van der Waals surface area (Å²) >= 11 is 2.25. The van der Waals surface area contributed by atoms with Crippen molar-refractivity contribution in [3.8, 4) is 0 Å². The summed E-state index contributed by atoms with van der Waals surface area (Å²) in [6.45, 7) is 6.31. The smallest absolute Gasteiger partial charge is 0.120 e. The van der Waals surface area contributed by atoms with Crippen molar-refractivity contribution < 1.29 is 0 Å².